The van der Waals surface area contributed by atoms with E-state index in [1.54, 1.807) is 25.2 Å². The number of hydrogen-bond acceptors (Lipinski definition) is 4. The monoisotopic (exact) mass is 411 g/mol. The van der Waals surface area contributed by atoms with Crippen LogP contribution in [-0.4, -0.2) is 30.4 Å². The second-order valence-corrected chi connectivity index (χ2v) is 8.05. The molecule has 2 heterocycles. The summed E-state index contributed by atoms with van der Waals surface area (Å²) in [7, 11) is 1.35. The fourth-order valence-corrected chi connectivity index (χ4v) is 4.46. The number of benzene rings is 1. The van der Waals surface area contributed by atoms with Gasteiger partial charge in [0, 0.05) is 11.3 Å². The summed E-state index contributed by atoms with van der Waals surface area (Å²) in [6, 6.07) is 12.8. The van der Waals surface area contributed by atoms with Crippen LogP contribution in [0.15, 0.2) is 41.8 Å². The van der Waals surface area contributed by atoms with Crippen molar-refractivity contribution in [3.8, 4) is 0 Å². The number of esters is 1. The molecule has 0 aliphatic rings. The van der Waals surface area contributed by atoms with Crippen LogP contribution in [0.5, 0.6) is 0 Å². The van der Waals surface area contributed by atoms with Gasteiger partial charge in [0.2, 0.25) is 5.78 Å². The van der Waals surface area contributed by atoms with E-state index in [-0.39, 0.29) is 18.4 Å². The Bertz CT molecular complexity index is 988. The third kappa shape index (κ3) is 4.49. The minimum Gasteiger partial charge on any atom is -0.465 e. The first-order valence-electron chi connectivity index (χ1n) is 9.72. The number of ketones is 1. The Morgan fingerprint density at radius 3 is 2.48 bits per heavy atom. The summed E-state index contributed by atoms with van der Waals surface area (Å²) in [5.41, 5.74) is 4.69. The SMILES string of the molecule is CCc1ccc([C@H]([NH2+]CC(=O)c2[nH]c(C)c(C(=O)OC)c2C)c2cccs2)cc1. The molecule has 29 heavy (non-hydrogen) atoms. The van der Waals surface area contributed by atoms with E-state index in [4.69, 9.17) is 4.74 Å². The number of thiophene rings is 1. The van der Waals surface area contributed by atoms with Crippen molar-refractivity contribution in [3.63, 3.8) is 0 Å². The van der Waals surface area contributed by atoms with Crippen molar-refractivity contribution >= 4 is 23.1 Å². The van der Waals surface area contributed by atoms with Crippen LogP contribution in [0.3, 0.4) is 0 Å². The Kier molecular flexibility index (Phi) is 6.67. The molecule has 0 amide bonds. The van der Waals surface area contributed by atoms with Crippen LogP contribution in [-0.2, 0) is 11.2 Å². The molecule has 0 unspecified atom stereocenters. The van der Waals surface area contributed by atoms with Crippen LogP contribution >= 0.6 is 11.3 Å². The molecule has 152 valence electrons. The Balaban J connectivity index is 1.81. The third-order valence-electron chi connectivity index (χ3n) is 5.24. The molecule has 5 nitrogen and oxygen atoms in total. The molecular formula is C23H27N2O3S+. The normalized spacial score (nSPS) is 12.0. The smallest absolute Gasteiger partial charge is 0.339 e. The quantitative estimate of drug-likeness (QED) is 0.439. The van der Waals surface area contributed by atoms with Crippen molar-refractivity contribution < 1.29 is 19.6 Å². The van der Waals surface area contributed by atoms with Crippen LogP contribution in [0.4, 0.5) is 0 Å². The van der Waals surface area contributed by atoms with Gasteiger partial charge in [-0.15, -0.1) is 11.3 Å². The molecule has 3 rings (SSSR count). The predicted molar refractivity (Wildman–Crippen MR) is 115 cm³/mol. The topological polar surface area (TPSA) is 75.8 Å². The number of carbonyl (C=O) groups excluding carboxylic acids is 2. The molecule has 0 radical (unpaired) electrons. The van der Waals surface area contributed by atoms with Crippen molar-refractivity contribution in [2.45, 2.75) is 33.2 Å². The van der Waals surface area contributed by atoms with Gasteiger partial charge in [-0.25, -0.2) is 4.79 Å². The Morgan fingerprint density at radius 1 is 1.17 bits per heavy atom. The second-order valence-electron chi connectivity index (χ2n) is 7.07. The summed E-state index contributed by atoms with van der Waals surface area (Å²) >= 11 is 1.69. The van der Waals surface area contributed by atoms with E-state index >= 15 is 0 Å². The highest BCUT2D eigenvalue weighted by atomic mass is 32.1. The number of Topliss-reactive ketones (excluding diaryl/α,β-unsaturated/α-hetero) is 1. The number of hydrogen-bond donors (Lipinski definition) is 2. The van der Waals surface area contributed by atoms with Gasteiger partial charge in [0.05, 0.1) is 23.2 Å². The number of H-pyrrole nitrogens is 1. The first-order chi connectivity index (χ1) is 14.0. The molecule has 0 fully saturated rings. The van der Waals surface area contributed by atoms with Gasteiger partial charge in [0.25, 0.3) is 0 Å². The van der Waals surface area contributed by atoms with E-state index in [2.05, 4.69) is 52.9 Å². The molecule has 3 aromatic rings. The molecule has 2 aromatic heterocycles. The van der Waals surface area contributed by atoms with Gasteiger partial charge in [-0.1, -0.05) is 37.3 Å². The van der Waals surface area contributed by atoms with Gasteiger partial charge in [0.1, 0.15) is 12.6 Å². The predicted octanol–water partition coefficient (Wildman–Crippen LogP) is 3.58. The van der Waals surface area contributed by atoms with Crippen LogP contribution < -0.4 is 5.32 Å². The molecule has 0 spiro atoms. The zero-order valence-electron chi connectivity index (χ0n) is 17.2. The summed E-state index contributed by atoms with van der Waals surface area (Å²) < 4.78 is 4.84. The zero-order chi connectivity index (χ0) is 21.0. The maximum absolute atomic E-state index is 12.9. The van der Waals surface area contributed by atoms with Gasteiger partial charge >= 0.3 is 5.97 Å². The van der Waals surface area contributed by atoms with Crippen molar-refractivity contribution in [1.29, 1.82) is 0 Å². The minimum atomic E-state index is -0.424. The largest absolute Gasteiger partial charge is 0.465 e. The van der Waals surface area contributed by atoms with Crippen molar-refractivity contribution in [2.75, 3.05) is 13.7 Å². The van der Waals surface area contributed by atoms with E-state index < -0.39 is 5.97 Å². The summed E-state index contributed by atoms with van der Waals surface area (Å²) in [6.07, 6.45) is 1.00. The Hall–Kier alpha value is -2.70. The van der Waals surface area contributed by atoms with Crippen molar-refractivity contribution in [2.24, 2.45) is 0 Å². The summed E-state index contributed by atoms with van der Waals surface area (Å²) in [5, 5.41) is 4.11. The number of quaternary nitrogens is 1. The molecule has 3 N–H and O–H groups in total. The standard InChI is InChI=1S/C23H26N2O3S/c1-5-16-8-10-17(11-9-16)22(19-7-6-12-29-19)24-13-18(26)21-14(2)20(15(3)25-21)23(27)28-4/h6-12,22,24-25H,5,13H2,1-4H3/p+1/t22-/m0/s1. The van der Waals surface area contributed by atoms with Crippen LogP contribution in [0.2, 0.25) is 0 Å². The molecule has 0 aliphatic carbocycles. The lowest BCUT2D eigenvalue weighted by atomic mass is 10.0. The van der Waals surface area contributed by atoms with Gasteiger partial charge in [0.15, 0.2) is 0 Å². The maximum atomic E-state index is 12.9. The number of carbonyl (C=O) groups is 2. The van der Waals surface area contributed by atoms with Gasteiger partial charge < -0.3 is 15.0 Å². The lowest BCUT2D eigenvalue weighted by molar-refractivity contribution is -0.675. The molecule has 1 atom stereocenters. The highest BCUT2D eigenvalue weighted by molar-refractivity contribution is 7.10. The first kappa shape index (κ1) is 21.0. The fourth-order valence-electron chi connectivity index (χ4n) is 3.61. The van der Waals surface area contributed by atoms with E-state index in [1.165, 1.54) is 23.1 Å². The Morgan fingerprint density at radius 2 is 1.90 bits per heavy atom. The molecular weight excluding hydrogens is 384 g/mol. The van der Waals surface area contributed by atoms with Crippen LogP contribution in [0.1, 0.15) is 61.1 Å². The summed E-state index contributed by atoms with van der Waals surface area (Å²) in [5.74, 6) is -0.459. The van der Waals surface area contributed by atoms with Crippen molar-refractivity contribution in [3.05, 3.63) is 80.3 Å². The minimum absolute atomic E-state index is 0.0347. The van der Waals surface area contributed by atoms with Crippen LogP contribution in [0.25, 0.3) is 0 Å². The van der Waals surface area contributed by atoms with E-state index in [9.17, 15) is 9.59 Å². The van der Waals surface area contributed by atoms with E-state index in [0.29, 0.717) is 22.5 Å². The average Bonchev–Trinajstić information content (AvgIpc) is 3.36. The Labute approximate surface area is 175 Å². The number of aromatic amines is 1. The lowest BCUT2D eigenvalue weighted by Crippen LogP contribution is -2.87. The van der Waals surface area contributed by atoms with E-state index in [1.807, 2.05) is 6.07 Å². The summed E-state index contributed by atoms with van der Waals surface area (Å²) in [6.45, 7) is 5.98. The number of aromatic nitrogens is 1. The summed E-state index contributed by atoms with van der Waals surface area (Å²) in [4.78, 5) is 29.2. The molecule has 0 bridgehead atoms. The highest BCUT2D eigenvalue weighted by Gasteiger charge is 2.25. The third-order valence-corrected chi connectivity index (χ3v) is 6.20. The van der Waals surface area contributed by atoms with Gasteiger partial charge in [-0.3, -0.25) is 4.79 Å². The highest BCUT2D eigenvalue weighted by Crippen LogP contribution is 2.24. The zero-order valence-corrected chi connectivity index (χ0v) is 18.1. The number of methoxy groups -OCH3 is 1. The average molecular weight is 412 g/mol. The number of aryl methyl sites for hydroxylation is 2. The molecule has 6 heteroatoms. The van der Waals surface area contributed by atoms with Gasteiger partial charge in [-0.2, -0.15) is 0 Å². The first-order valence-corrected chi connectivity index (χ1v) is 10.6. The number of nitrogens with one attached hydrogen (secondary N) is 1. The van der Waals surface area contributed by atoms with Crippen molar-refractivity contribution in [1.82, 2.24) is 4.98 Å². The van der Waals surface area contributed by atoms with Crippen LogP contribution in [0, 0.1) is 13.8 Å². The number of nitrogens with two attached hydrogens (primary N) is 1. The fraction of sp³-hybridized carbons (Fsp3) is 0.304. The lowest BCUT2D eigenvalue weighted by Gasteiger charge is -2.15. The maximum Gasteiger partial charge on any atom is 0.339 e. The van der Waals surface area contributed by atoms with Gasteiger partial charge in [-0.05, 0) is 42.8 Å². The number of ether oxygens (including phenoxy) is 1. The molecule has 0 aliphatic heterocycles. The van der Waals surface area contributed by atoms with E-state index in [0.717, 1.165) is 6.42 Å². The number of rotatable bonds is 8. The molecule has 0 saturated heterocycles. The molecule has 0 saturated carbocycles. The second kappa shape index (κ2) is 9.20. The molecule has 1 aromatic carbocycles.